The van der Waals surface area contributed by atoms with E-state index in [1.54, 1.807) is 0 Å². The Bertz CT molecular complexity index is 457. The zero-order valence-electron chi connectivity index (χ0n) is 11.0. The van der Waals surface area contributed by atoms with Gasteiger partial charge in [0, 0.05) is 19.5 Å². The van der Waals surface area contributed by atoms with Crippen LogP contribution in [0, 0.1) is 0 Å². The summed E-state index contributed by atoms with van der Waals surface area (Å²) in [5.74, 6) is -0.937. The van der Waals surface area contributed by atoms with Crippen molar-refractivity contribution in [1.29, 1.82) is 0 Å². The molecule has 0 fully saturated rings. The third kappa shape index (κ3) is 5.81. The Morgan fingerprint density at radius 2 is 1.79 bits per heavy atom. The summed E-state index contributed by atoms with van der Waals surface area (Å²) in [5, 5.41) is 0. The van der Waals surface area contributed by atoms with Crippen LogP contribution >= 0.6 is 0 Å². The largest absolute Gasteiger partial charge is 0.370 e. The highest BCUT2D eigenvalue weighted by molar-refractivity contribution is 5.96. The summed E-state index contributed by atoms with van der Waals surface area (Å²) in [4.78, 5) is 35.2. The van der Waals surface area contributed by atoms with Crippen LogP contribution in [0.3, 0.4) is 0 Å². The molecular formula is C14H18N2O3. The van der Waals surface area contributed by atoms with Gasteiger partial charge in [-0.3, -0.25) is 14.4 Å². The van der Waals surface area contributed by atoms with Gasteiger partial charge in [-0.2, -0.15) is 0 Å². The standard InChI is InChI=1S/C14H18N2O3/c1-11(17)9-14(19)16(8-7-13(15)18)10-12-5-3-2-4-6-12/h2-6H,7-10H2,1H3,(H2,15,18). The maximum Gasteiger partial charge on any atom is 0.230 e. The molecule has 0 saturated heterocycles. The zero-order chi connectivity index (χ0) is 14.3. The van der Waals surface area contributed by atoms with E-state index in [2.05, 4.69) is 0 Å². The number of nitrogens with zero attached hydrogens (tertiary/aromatic N) is 1. The second-order valence-electron chi connectivity index (χ2n) is 4.40. The van der Waals surface area contributed by atoms with Crippen LogP contribution in [0.2, 0.25) is 0 Å². The van der Waals surface area contributed by atoms with Crippen LogP contribution in [-0.2, 0) is 20.9 Å². The first-order chi connectivity index (χ1) is 8.99. The minimum Gasteiger partial charge on any atom is -0.370 e. The summed E-state index contributed by atoms with van der Waals surface area (Å²) in [6.07, 6.45) is -0.0535. The second-order valence-corrected chi connectivity index (χ2v) is 4.40. The SMILES string of the molecule is CC(=O)CC(=O)N(CCC(N)=O)Cc1ccccc1. The monoisotopic (exact) mass is 262 g/mol. The summed E-state index contributed by atoms with van der Waals surface area (Å²) >= 11 is 0. The topological polar surface area (TPSA) is 80.5 Å². The zero-order valence-corrected chi connectivity index (χ0v) is 11.0. The van der Waals surface area contributed by atoms with Crippen molar-refractivity contribution in [3.63, 3.8) is 0 Å². The molecule has 0 heterocycles. The first-order valence-electron chi connectivity index (χ1n) is 6.08. The quantitative estimate of drug-likeness (QED) is 0.740. The Labute approximate surface area is 112 Å². The van der Waals surface area contributed by atoms with Crippen molar-refractivity contribution in [1.82, 2.24) is 4.90 Å². The van der Waals surface area contributed by atoms with E-state index >= 15 is 0 Å². The normalized spacial score (nSPS) is 9.95. The number of hydrogen-bond acceptors (Lipinski definition) is 3. The molecule has 2 amide bonds. The van der Waals surface area contributed by atoms with Gasteiger partial charge in [-0.25, -0.2) is 0 Å². The fourth-order valence-corrected chi connectivity index (χ4v) is 1.67. The minimum absolute atomic E-state index is 0.0937. The lowest BCUT2D eigenvalue weighted by Crippen LogP contribution is -2.34. The highest BCUT2D eigenvalue weighted by atomic mass is 16.2. The van der Waals surface area contributed by atoms with Gasteiger partial charge in [-0.15, -0.1) is 0 Å². The molecule has 1 aromatic carbocycles. The van der Waals surface area contributed by atoms with E-state index in [4.69, 9.17) is 5.73 Å². The van der Waals surface area contributed by atoms with Crippen molar-refractivity contribution in [2.24, 2.45) is 5.73 Å². The molecule has 0 aliphatic rings. The van der Waals surface area contributed by atoms with Crippen LogP contribution in [0.5, 0.6) is 0 Å². The Morgan fingerprint density at radius 3 is 2.32 bits per heavy atom. The number of benzene rings is 1. The van der Waals surface area contributed by atoms with E-state index < -0.39 is 5.91 Å². The van der Waals surface area contributed by atoms with Crippen molar-refractivity contribution in [3.05, 3.63) is 35.9 Å². The van der Waals surface area contributed by atoms with Crippen molar-refractivity contribution in [3.8, 4) is 0 Å². The molecule has 102 valence electrons. The maximum atomic E-state index is 11.9. The van der Waals surface area contributed by atoms with Crippen molar-refractivity contribution in [2.75, 3.05) is 6.54 Å². The van der Waals surface area contributed by atoms with Gasteiger partial charge in [0.05, 0.1) is 6.42 Å². The van der Waals surface area contributed by atoms with Crippen molar-refractivity contribution in [2.45, 2.75) is 26.3 Å². The van der Waals surface area contributed by atoms with Gasteiger partial charge < -0.3 is 10.6 Å². The number of rotatable bonds is 7. The molecule has 0 spiro atoms. The van der Waals surface area contributed by atoms with E-state index in [1.807, 2.05) is 30.3 Å². The molecule has 1 rings (SSSR count). The first-order valence-corrected chi connectivity index (χ1v) is 6.08. The van der Waals surface area contributed by atoms with Gasteiger partial charge in [0.25, 0.3) is 0 Å². The van der Waals surface area contributed by atoms with Gasteiger partial charge in [0.2, 0.25) is 11.8 Å². The molecule has 0 aliphatic heterocycles. The molecule has 0 aromatic heterocycles. The predicted octanol–water partition coefficient (Wildman–Crippen LogP) is 0.870. The fourth-order valence-electron chi connectivity index (χ4n) is 1.67. The average Bonchev–Trinajstić information content (AvgIpc) is 2.34. The summed E-state index contributed by atoms with van der Waals surface area (Å²) in [6.45, 7) is 1.98. The fraction of sp³-hybridized carbons (Fsp3) is 0.357. The van der Waals surface area contributed by atoms with Crippen LogP contribution in [0.15, 0.2) is 30.3 Å². The molecule has 0 atom stereocenters. The summed E-state index contributed by atoms with van der Waals surface area (Å²) < 4.78 is 0. The minimum atomic E-state index is -0.464. The van der Waals surface area contributed by atoms with Crippen LogP contribution < -0.4 is 5.73 Å². The molecule has 1 aromatic rings. The average molecular weight is 262 g/mol. The van der Waals surface area contributed by atoms with Gasteiger partial charge in [0.15, 0.2) is 0 Å². The second kappa shape index (κ2) is 7.31. The Hall–Kier alpha value is -2.17. The Balaban J connectivity index is 2.71. The number of carbonyl (C=O) groups excluding carboxylic acids is 3. The third-order valence-corrected chi connectivity index (χ3v) is 2.60. The van der Waals surface area contributed by atoms with Crippen molar-refractivity contribution >= 4 is 17.6 Å². The molecule has 2 N–H and O–H groups in total. The molecule has 5 heteroatoms. The number of nitrogens with two attached hydrogens (primary N) is 1. The van der Waals surface area contributed by atoms with E-state index in [9.17, 15) is 14.4 Å². The van der Waals surface area contributed by atoms with E-state index in [1.165, 1.54) is 11.8 Å². The molecule has 0 saturated carbocycles. The summed E-state index contributed by atoms with van der Waals surface area (Å²) in [5.41, 5.74) is 6.04. The van der Waals surface area contributed by atoms with Crippen molar-refractivity contribution < 1.29 is 14.4 Å². The summed E-state index contributed by atoms with van der Waals surface area (Å²) in [7, 11) is 0. The van der Waals surface area contributed by atoms with E-state index in [0.717, 1.165) is 5.56 Å². The molecule has 0 unspecified atom stereocenters. The molecule has 19 heavy (non-hydrogen) atoms. The third-order valence-electron chi connectivity index (χ3n) is 2.60. The highest BCUT2D eigenvalue weighted by Crippen LogP contribution is 2.07. The highest BCUT2D eigenvalue weighted by Gasteiger charge is 2.16. The van der Waals surface area contributed by atoms with Gasteiger partial charge in [0.1, 0.15) is 5.78 Å². The number of carbonyl (C=O) groups is 3. The molecule has 0 aliphatic carbocycles. The van der Waals surface area contributed by atoms with Crippen LogP contribution in [0.25, 0.3) is 0 Å². The lowest BCUT2D eigenvalue weighted by atomic mass is 10.2. The van der Waals surface area contributed by atoms with Crippen LogP contribution in [0.1, 0.15) is 25.3 Å². The lowest BCUT2D eigenvalue weighted by molar-refractivity contribution is -0.135. The smallest absolute Gasteiger partial charge is 0.230 e. The molecular weight excluding hydrogens is 244 g/mol. The Kier molecular flexibility index (Phi) is 5.73. The van der Waals surface area contributed by atoms with Gasteiger partial charge >= 0.3 is 0 Å². The predicted molar refractivity (Wildman–Crippen MR) is 71.0 cm³/mol. The molecule has 0 bridgehead atoms. The first kappa shape index (κ1) is 14.9. The number of Topliss-reactive ketones (excluding diaryl/α,β-unsaturated/α-hetero) is 1. The molecule has 0 radical (unpaired) electrons. The Morgan fingerprint density at radius 1 is 1.16 bits per heavy atom. The van der Waals surface area contributed by atoms with Gasteiger partial charge in [-0.1, -0.05) is 30.3 Å². The number of ketones is 1. The number of amides is 2. The number of hydrogen-bond donors (Lipinski definition) is 1. The maximum absolute atomic E-state index is 11.9. The van der Waals surface area contributed by atoms with Crippen LogP contribution in [-0.4, -0.2) is 29.0 Å². The van der Waals surface area contributed by atoms with E-state index in [0.29, 0.717) is 6.54 Å². The lowest BCUT2D eigenvalue weighted by Gasteiger charge is -2.22. The summed E-state index contributed by atoms with van der Waals surface area (Å²) in [6, 6.07) is 9.40. The van der Waals surface area contributed by atoms with Gasteiger partial charge in [-0.05, 0) is 12.5 Å². The van der Waals surface area contributed by atoms with Crippen LogP contribution in [0.4, 0.5) is 0 Å². The molecule has 5 nitrogen and oxygen atoms in total. The number of primary amides is 1. The van der Waals surface area contributed by atoms with E-state index in [-0.39, 0.29) is 31.1 Å².